The molecule has 0 aliphatic heterocycles. The molecular weight excluding hydrogens is 339 g/mol. The van der Waals surface area contributed by atoms with Crippen molar-refractivity contribution in [1.82, 2.24) is 0 Å². The van der Waals surface area contributed by atoms with Crippen LogP contribution in [0.15, 0.2) is 40.2 Å². The quantitative estimate of drug-likeness (QED) is 0.523. The van der Waals surface area contributed by atoms with Crippen molar-refractivity contribution in [3.8, 4) is 0 Å². The zero-order valence-corrected chi connectivity index (χ0v) is 15.9. The van der Waals surface area contributed by atoms with Gasteiger partial charge < -0.3 is 0 Å². The molecule has 1 aromatic carbocycles. The van der Waals surface area contributed by atoms with Gasteiger partial charge in [0.05, 0.1) is 0 Å². The zero-order chi connectivity index (χ0) is 14.9. The van der Waals surface area contributed by atoms with Crippen LogP contribution in [0.4, 0.5) is 0 Å². The summed E-state index contributed by atoms with van der Waals surface area (Å²) in [5.41, 5.74) is 1.46. The van der Waals surface area contributed by atoms with Crippen LogP contribution in [0.2, 0.25) is 5.32 Å². The molecule has 2 heteroatoms. The topological polar surface area (TPSA) is 0 Å². The maximum atomic E-state index is 2.65. The first-order valence-electron chi connectivity index (χ1n) is 8.25. The molecule has 116 valence electrons. The van der Waals surface area contributed by atoms with Crippen LogP contribution in [0.3, 0.4) is 0 Å². The summed E-state index contributed by atoms with van der Waals surface area (Å²) in [5, 5.41) is 1.38. The van der Waals surface area contributed by atoms with Crippen molar-refractivity contribution in [3.63, 3.8) is 0 Å². The van der Waals surface area contributed by atoms with Gasteiger partial charge in [0.2, 0.25) is 0 Å². The summed E-state index contributed by atoms with van der Waals surface area (Å²) in [6.07, 6.45) is 9.83. The van der Waals surface area contributed by atoms with Gasteiger partial charge in [-0.1, -0.05) is 0 Å². The molecule has 1 fully saturated rings. The summed E-state index contributed by atoms with van der Waals surface area (Å²) < 4.78 is 1.70. The number of hydrogen-bond acceptors (Lipinski definition) is 1. The van der Waals surface area contributed by atoms with E-state index in [0.717, 1.165) is 17.6 Å². The van der Waals surface area contributed by atoms with E-state index in [9.17, 15) is 0 Å². The Kier molecular flexibility index (Phi) is 7.99. The Morgan fingerprint density at radius 1 is 1.19 bits per heavy atom. The average Bonchev–Trinajstić information content (AvgIpc) is 2.52. The number of hydrogen-bond donors (Lipinski definition) is 0. The van der Waals surface area contributed by atoms with E-state index >= 15 is 0 Å². The minimum absolute atomic E-state index is 0.672. The number of allylic oxidation sites excluding steroid dienone is 1. The number of rotatable bonds is 7. The Morgan fingerprint density at radius 2 is 1.90 bits per heavy atom. The molecule has 0 bridgehead atoms. The SMILES string of the molecule is CC(C)C[Se]/C(=C/C1CCCCC1)SCc1ccccc1. The summed E-state index contributed by atoms with van der Waals surface area (Å²) in [7, 11) is 0. The second kappa shape index (κ2) is 9.77. The van der Waals surface area contributed by atoms with Gasteiger partial charge in [-0.25, -0.2) is 0 Å². The molecule has 0 heterocycles. The second-order valence-corrected chi connectivity index (χ2v) is 10.2. The number of benzene rings is 1. The molecule has 1 saturated carbocycles. The Balaban J connectivity index is 1.92. The van der Waals surface area contributed by atoms with E-state index in [-0.39, 0.29) is 0 Å². The molecule has 0 amide bonds. The van der Waals surface area contributed by atoms with Crippen LogP contribution >= 0.6 is 11.8 Å². The zero-order valence-electron chi connectivity index (χ0n) is 13.4. The van der Waals surface area contributed by atoms with Crippen LogP contribution in [0.5, 0.6) is 0 Å². The van der Waals surface area contributed by atoms with Crippen molar-refractivity contribution in [1.29, 1.82) is 0 Å². The van der Waals surface area contributed by atoms with Gasteiger partial charge in [0.25, 0.3) is 0 Å². The Bertz CT molecular complexity index is 418. The molecule has 0 nitrogen and oxygen atoms in total. The Hall–Kier alpha value is -0.171. The fraction of sp³-hybridized carbons (Fsp3) is 0.579. The van der Waals surface area contributed by atoms with Crippen LogP contribution in [0.1, 0.15) is 51.5 Å². The van der Waals surface area contributed by atoms with Crippen LogP contribution in [-0.2, 0) is 5.75 Å². The molecule has 21 heavy (non-hydrogen) atoms. The molecule has 0 aromatic heterocycles. The van der Waals surface area contributed by atoms with Gasteiger partial charge in [-0.3, -0.25) is 0 Å². The Morgan fingerprint density at radius 3 is 2.57 bits per heavy atom. The third-order valence-corrected chi connectivity index (χ3v) is 8.69. The summed E-state index contributed by atoms with van der Waals surface area (Å²) in [6, 6.07) is 10.9. The first kappa shape index (κ1) is 17.2. The van der Waals surface area contributed by atoms with E-state index in [1.165, 1.54) is 43.0 Å². The third kappa shape index (κ3) is 7.08. The van der Waals surface area contributed by atoms with E-state index in [4.69, 9.17) is 0 Å². The van der Waals surface area contributed by atoms with E-state index in [0.29, 0.717) is 15.0 Å². The van der Waals surface area contributed by atoms with E-state index < -0.39 is 0 Å². The molecule has 0 radical (unpaired) electrons. The summed E-state index contributed by atoms with van der Waals surface area (Å²) in [4.78, 5) is 0. The normalized spacial score (nSPS) is 17.4. The summed E-state index contributed by atoms with van der Waals surface area (Å²) >= 11 is 2.77. The van der Waals surface area contributed by atoms with Crippen molar-refractivity contribution in [2.45, 2.75) is 57.0 Å². The molecule has 1 aromatic rings. The van der Waals surface area contributed by atoms with Gasteiger partial charge in [0.15, 0.2) is 0 Å². The molecule has 0 saturated heterocycles. The van der Waals surface area contributed by atoms with Crippen LogP contribution < -0.4 is 0 Å². The molecule has 0 spiro atoms. The summed E-state index contributed by atoms with van der Waals surface area (Å²) in [6.45, 7) is 4.70. The molecule has 1 aliphatic rings. The van der Waals surface area contributed by atoms with E-state index in [1.54, 1.807) is 3.80 Å². The van der Waals surface area contributed by atoms with Crippen molar-refractivity contribution in [2.75, 3.05) is 0 Å². The van der Waals surface area contributed by atoms with Gasteiger partial charge >= 0.3 is 141 Å². The average molecular weight is 367 g/mol. The Labute approximate surface area is 141 Å². The maximum absolute atomic E-state index is 2.65. The predicted molar refractivity (Wildman–Crippen MR) is 97.8 cm³/mol. The van der Waals surface area contributed by atoms with Gasteiger partial charge in [-0.15, -0.1) is 0 Å². The fourth-order valence-electron chi connectivity index (χ4n) is 2.61. The van der Waals surface area contributed by atoms with Crippen molar-refractivity contribution < 1.29 is 0 Å². The molecule has 0 unspecified atom stereocenters. The standard InChI is InChI=1S/C19H28SSe/c1-16(2)15-21-19(13-17-9-5-3-6-10-17)20-14-18-11-7-4-8-12-18/h4,7-8,11-13,16-17H,3,5-6,9-10,14-15H2,1-2H3/b19-13+. The monoisotopic (exact) mass is 368 g/mol. The fourth-order valence-corrected chi connectivity index (χ4v) is 6.38. The molecule has 0 atom stereocenters. The third-order valence-electron chi connectivity index (χ3n) is 3.80. The van der Waals surface area contributed by atoms with Crippen molar-refractivity contribution in [3.05, 3.63) is 45.8 Å². The van der Waals surface area contributed by atoms with Gasteiger partial charge in [-0.05, 0) is 0 Å². The molecule has 2 rings (SSSR count). The van der Waals surface area contributed by atoms with Crippen molar-refractivity contribution in [2.24, 2.45) is 11.8 Å². The van der Waals surface area contributed by atoms with Crippen LogP contribution in [-0.4, -0.2) is 15.0 Å². The van der Waals surface area contributed by atoms with E-state index in [2.05, 4.69) is 62.0 Å². The van der Waals surface area contributed by atoms with E-state index in [1.807, 2.05) is 0 Å². The first-order chi connectivity index (χ1) is 10.2. The summed E-state index contributed by atoms with van der Waals surface area (Å²) in [5.74, 6) is 2.84. The predicted octanol–water partition coefficient (Wildman–Crippen LogP) is 6.12. The minimum atomic E-state index is 0.672. The molecule has 0 N–H and O–H groups in total. The van der Waals surface area contributed by atoms with Crippen LogP contribution in [0.25, 0.3) is 0 Å². The second-order valence-electron chi connectivity index (χ2n) is 6.36. The number of thioether (sulfide) groups is 1. The van der Waals surface area contributed by atoms with Gasteiger partial charge in [0.1, 0.15) is 0 Å². The molecule has 1 aliphatic carbocycles. The first-order valence-corrected chi connectivity index (χ1v) is 11.3. The van der Waals surface area contributed by atoms with Crippen LogP contribution in [0, 0.1) is 11.8 Å². The van der Waals surface area contributed by atoms with Gasteiger partial charge in [0, 0.05) is 0 Å². The van der Waals surface area contributed by atoms with Crippen molar-refractivity contribution >= 4 is 26.7 Å². The molecular formula is C19H28SSe. The van der Waals surface area contributed by atoms with Gasteiger partial charge in [-0.2, -0.15) is 0 Å².